The van der Waals surface area contributed by atoms with Gasteiger partial charge in [0.15, 0.2) is 0 Å². The molecule has 0 spiro atoms. The molecule has 4 unspecified atom stereocenters. The van der Waals surface area contributed by atoms with Crippen LogP contribution in [0.5, 0.6) is 0 Å². The molecule has 38 heavy (non-hydrogen) atoms. The molecule has 1 aliphatic heterocycles. The van der Waals surface area contributed by atoms with Crippen LogP contribution < -0.4 is 17.1 Å². The Morgan fingerprint density at radius 2 is 1.53 bits per heavy atom. The summed E-state index contributed by atoms with van der Waals surface area (Å²) < 4.78 is 19.0. The summed E-state index contributed by atoms with van der Waals surface area (Å²) in [7, 11) is 1.30. The molecular formula is C26H37N3O8U. The van der Waals surface area contributed by atoms with Crippen LogP contribution >= 0.6 is 0 Å². The quantitative estimate of drug-likeness (QED) is 0.176. The van der Waals surface area contributed by atoms with Gasteiger partial charge < -0.3 is 33.5 Å². The summed E-state index contributed by atoms with van der Waals surface area (Å²) >= 11 is 0. The summed E-state index contributed by atoms with van der Waals surface area (Å²) in [5, 5.41) is 0. The molecule has 208 valence electrons. The molecule has 12 heteroatoms. The van der Waals surface area contributed by atoms with Crippen molar-refractivity contribution in [3.05, 3.63) is 44.3 Å². The van der Waals surface area contributed by atoms with E-state index in [1.54, 1.807) is 0 Å². The van der Waals surface area contributed by atoms with E-state index in [2.05, 4.69) is 12.8 Å². The Hall–Kier alpha value is -1.64. The SMILES string of the molecule is Cn1c(=O)n(CCCC(=O)OCC2[CH-]C[CH-]CC2)c(=O)n(CCCC(=O)OCC2CCC3OC3C2)c1=O.[U+2]. The molecule has 4 rings (SSSR count). The fourth-order valence-electron chi connectivity index (χ4n) is 5.10. The summed E-state index contributed by atoms with van der Waals surface area (Å²) in [6.45, 7) is 0.676. The van der Waals surface area contributed by atoms with Crippen LogP contribution in [0.25, 0.3) is 0 Å². The minimum Gasteiger partial charge on any atom is -0.468 e. The molecule has 4 atom stereocenters. The van der Waals surface area contributed by atoms with Gasteiger partial charge in [-0.2, -0.15) is 6.42 Å². The van der Waals surface area contributed by atoms with Gasteiger partial charge in [0.05, 0.1) is 25.4 Å². The number of aromatic nitrogens is 3. The van der Waals surface area contributed by atoms with Gasteiger partial charge in [0.1, 0.15) is 0 Å². The van der Waals surface area contributed by atoms with E-state index in [1.807, 2.05) is 0 Å². The summed E-state index contributed by atoms with van der Waals surface area (Å²) in [6, 6.07) is 0. The molecule has 0 radical (unpaired) electrons. The van der Waals surface area contributed by atoms with E-state index in [-0.39, 0.29) is 87.7 Å². The minimum absolute atomic E-state index is 0. The van der Waals surface area contributed by atoms with Gasteiger partial charge in [-0.3, -0.25) is 9.59 Å². The molecule has 3 aliphatic rings. The Morgan fingerprint density at radius 1 is 0.895 bits per heavy atom. The molecule has 2 heterocycles. The molecule has 2 saturated carbocycles. The Morgan fingerprint density at radius 3 is 2.11 bits per heavy atom. The van der Waals surface area contributed by atoms with Crippen LogP contribution in [0.1, 0.15) is 64.2 Å². The molecule has 0 N–H and O–H groups in total. The largest absolute Gasteiger partial charge is 2.00 e. The van der Waals surface area contributed by atoms with E-state index in [4.69, 9.17) is 14.2 Å². The first-order chi connectivity index (χ1) is 17.8. The van der Waals surface area contributed by atoms with E-state index in [0.29, 0.717) is 31.3 Å². The van der Waals surface area contributed by atoms with E-state index < -0.39 is 17.1 Å². The number of ether oxygens (including phenoxy) is 3. The molecule has 2 aliphatic carbocycles. The predicted molar refractivity (Wildman–Crippen MR) is 133 cm³/mol. The fraction of sp³-hybridized carbons (Fsp3) is 0.731. The molecule has 0 bridgehead atoms. The number of carbonyl (C=O) groups excluding carboxylic acids is 2. The van der Waals surface area contributed by atoms with Crippen LogP contribution in [0.4, 0.5) is 0 Å². The van der Waals surface area contributed by atoms with Gasteiger partial charge in [0.2, 0.25) is 0 Å². The van der Waals surface area contributed by atoms with Crippen molar-refractivity contribution in [1.29, 1.82) is 0 Å². The van der Waals surface area contributed by atoms with E-state index in [1.165, 1.54) is 7.05 Å². The molecule has 1 saturated heterocycles. The average molecular weight is 758 g/mol. The van der Waals surface area contributed by atoms with Gasteiger partial charge in [0.25, 0.3) is 0 Å². The molecular weight excluding hydrogens is 720 g/mol. The zero-order chi connectivity index (χ0) is 26.4. The second-order valence-corrected chi connectivity index (χ2v) is 10.3. The van der Waals surface area contributed by atoms with E-state index >= 15 is 0 Å². The van der Waals surface area contributed by atoms with Crippen LogP contribution in [0.3, 0.4) is 0 Å². The van der Waals surface area contributed by atoms with Crippen molar-refractivity contribution in [3.8, 4) is 0 Å². The van der Waals surface area contributed by atoms with Crippen LogP contribution in [-0.4, -0.2) is 51.1 Å². The summed E-state index contributed by atoms with van der Waals surface area (Å²) in [4.78, 5) is 62.2. The van der Waals surface area contributed by atoms with Gasteiger partial charge in [-0.05, 0) is 38.0 Å². The van der Waals surface area contributed by atoms with Gasteiger partial charge in [-0.15, -0.1) is 12.3 Å². The Bertz CT molecular complexity index is 1140. The van der Waals surface area contributed by atoms with Crippen LogP contribution in [0, 0.1) is 55.8 Å². The Kier molecular flexibility index (Phi) is 11.9. The zero-order valence-corrected chi connectivity index (χ0v) is 26.1. The maximum Gasteiger partial charge on any atom is 2.00 e. The second kappa shape index (κ2) is 14.7. The summed E-state index contributed by atoms with van der Waals surface area (Å²) in [6.07, 6.45) is 11.4. The molecule has 0 amide bonds. The summed E-state index contributed by atoms with van der Waals surface area (Å²) in [5.41, 5.74) is -2.22. The van der Waals surface area contributed by atoms with Crippen molar-refractivity contribution in [1.82, 2.24) is 13.7 Å². The van der Waals surface area contributed by atoms with E-state index in [0.717, 1.165) is 52.2 Å². The van der Waals surface area contributed by atoms with Crippen LogP contribution in [0.15, 0.2) is 14.4 Å². The minimum atomic E-state index is -0.746. The number of esters is 2. The van der Waals surface area contributed by atoms with Crippen molar-refractivity contribution in [2.45, 2.75) is 89.5 Å². The number of epoxide rings is 1. The first-order valence-electron chi connectivity index (χ1n) is 13.4. The fourth-order valence-corrected chi connectivity index (χ4v) is 5.10. The first kappa shape index (κ1) is 30.9. The number of hydrogen-bond donors (Lipinski definition) is 0. The number of fused-ring (bicyclic) bond motifs is 1. The third kappa shape index (κ3) is 8.43. The standard InChI is InChI=1S/C26H37N3O8.U/c1-27-24(32)28(13-5-9-22(30)35-16-18-7-3-2-4-8-18)26(34)29(25(27)33)14-6-10-23(31)36-17-19-11-12-20-21(15-19)37-20;/h2,7,18-21H,3-6,8-17H2,1H3;/q-2;+2. The third-order valence-corrected chi connectivity index (χ3v) is 7.45. The van der Waals surface area contributed by atoms with Crippen molar-refractivity contribution >= 4 is 11.9 Å². The van der Waals surface area contributed by atoms with Crippen molar-refractivity contribution in [3.63, 3.8) is 0 Å². The van der Waals surface area contributed by atoms with Gasteiger partial charge in [-0.25, -0.2) is 28.1 Å². The molecule has 11 nitrogen and oxygen atoms in total. The topological polar surface area (TPSA) is 131 Å². The van der Waals surface area contributed by atoms with Gasteiger partial charge in [-0.1, -0.05) is 0 Å². The van der Waals surface area contributed by atoms with Crippen molar-refractivity contribution in [2.24, 2.45) is 18.9 Å². The normalized spacial score (nSPS) is 24.1. The van der Waals surface area contributed by atoms with Crippen molar-refractivity contribution < 1.29 is 54.9 Å². The smallest absolute Gasteiger partial charge is 0.468 e. The third-order valence-electron chi connectivity index (χ3n) is 7.45. The summed E-state index contributed by atoms with van der Waals surface area (Å²) in [5.74, 6) is -0.179. The number of hydrogen-bond acceptors (Lipinski definition) is 8. The van der Waals surface area contributed by atoms with Gasteiger partial charge >= 0.3 is 60.1 Å². The number of nitrogens with zero attached hydrogens (tertiary/aromatic N) is 3. The number of rotatable bonds is 12. The van der Waals surface area contributed by atoms with Crippen LogP contribution in [-0.2, 0) is 43.9 Å². The van der Waals surface area contributed by atoms with Crippen LogP contribution in [0.2, 0.25) is 0 Å². The van der Waals surface area contributed by atoms with E-state index in [9.17, 15) is 24.0 Å². The maximum atomic E-state index is 12.9. The predicted octanol–water partition coefficient (Wildman–Crippen LogP) is 1.13. The molecule has 0 aromatic carbocycles. The number of carbonyl (C=O) groups is 2. The molecule has 3 fully saturated rings. The zero-order valence-electron chi connectivity index (χ0n) is 22.0. The second-order valence-electron chi connectivity index (χ2n) is 10.3. The van der Waals surface area contributed by atoms with Crippen molar-refractivity contribution in [2.75, 3.05) is 13.2 Å². The molecule has 1 aromatic rings. The Balaban J connectivity index is 0.00000400. The maximum absolute atomic E-state index is 12.9. The average Bonchev–Trinajstić information content (AvgIpc) is 3.68. The molecule has 1 aromatic heterocycles. The first-order valence-corrected chi connectivity index (χ1v) is 13.4. The van der Waals surface area contributed by atoms with Gasteiger partial charge in [0, 0.05) is 33.0 Å². The monoisotopic (exact) mass is 757 g/mol. The Labute approximate surface area is 245 Å².